The van der Waals surface area contributed by atoms with Crippen LogP contribution in [0, 0.1) is 0 Å². The Morgan fingerprint density at radius 2 is 1.87 bits per heavy atom. The Morgan fingerprint density at radius 3 is 2.55 bits per heavy atom. The van der Waals surface area contributed by atoms with Gasteiger partial charge in [0.1, 0.15) is 17.2 Å². The number of benzene rings is 1. The number of urea groups is 1. The van der Waals surface area contributed by atoms with E-state index in [-0.39, 0.29) is 28.0 Å². The van der Waals surface area contributed by atoms with E-state index in [0.717, 1.165) is 17.4 Å². The van der Waals surface area contributed by atoms with Crippen molar-refractivity contribution in [3.63, 3.8) is 0 Å². The molecule has 0 saturated heterocycles. The molecule has 2 heterocycles. The molecular weight excluding hydrogens is 457 g/mol. The molecule has 31 heavy (non-hydrogen) atoms. The van der Waals surface area contributed by atoms with E-state index < -0.39 is 23.7 Å². The molecule has 0 aliphatic heterocycles. The number of hydrogen-bond donors (Lipinski definition) is 3. The third-order valence-electron chi connectivity index (χ3n) is 3.77. The van der Waals surface area contributed by atoms with E-state index in [0.29, 0.717) is 11.9 Å². The number of ether oxygens (including phenoxy) is 1. The zero-order chi connectivity index (χ0) is 22.4. The molecule has 0 atom stereocenters. The third-order valence-corrected chi connectivity index (χ3v) is 4.99. The molecule has 3 amide bonds. The lowest BCUT2D eigenvalue weighted by atomic mass is 10.2. The normalized spacial score (nSPS) is 11.0. The Morgan fingerprint density at radius 1 is 1.13 bits per heavy atom. The van der Waals surface area contributed by atoms with E-state index in [1.165, 1.54) is 6.07 Å². The van der Waals surface area contributed by atoms with Gasteiger partial charge < -0.3 is 10.1 Å². The van der Waals surface area contributed by atoms with Crippen molar-refractivity contribution in [2.75, 3.05) is 5.32 Å². The zero-order valence-corrected chi connectivity index (χ0v) is 17.1. The van der Waals surface area contributed by atoms with Gasteiger partial charge in [0.2, 0.25) is 0 Å². The van der Waals surface area contributed by atoms with Gasteiger partial charge in [-0.05, 0) is 29.6 Å². The van der Waals surface area contributed by atoms with Crippen LogP contribution < -0.4 is 20.9 Å². The predicted molar refractivity (Wildman–Crippen MR) is 109 cm³/mol. The van der Waals surface area contributed by atoms with Crippen LogP contribution >= 0.6 is 22.9 Å². The summed E-state index contributed by atoms with van der Waals surface area (Å²) in [4.78, 5) is 28.0. The number of para-hydroxylation sites is 1. The Bertz CT molecular complexity index is 1080. The molecule has 0 spiro atoms. The molecule has 1 aromatic carbocycles. The highest BCUT2D eigenvalue weighted by atomic mass is 35.5. The summed E-state index contributed by atoms with van der Waals surface area (Å²) in [6, 6.07) is 10.2. The maximum Gasteiger partial charge on any atom is 0.417 e. The van der Waals surface area contributed by atoms with Gasteiger partial charge in [-0.2, -0.15) is 13.2 Å². The van der Waals surface area contributed by atoms with Crippen LogP contribution in [-0.2, 0) is 12.8 Å². The SMILES string of the molecule is O=C(NNC(=O)c1sccc1OCc1ncc(C(F)(F)F)cc1Cl)Nc1ccccc1. The molecule has 0 aliphatic carbocycles. The van der Waals surface area contributed by atoms with Gasteiger partial charge in [-0.15, -0.1) is 11.3 Å². The number of pyridine rings is 1. The number of alkyl halides is 3. The van der Waals surface area contributed by atoms with Crippen molar-refractivity contribution in [1.82, 2.24) is 15.8 Å². The topological polar surface area (TPSA) is 92.4 Å². The van der Waals surface area contributed by atoms with E-state index >= 15 is 0 Å². The minimum absolute atomic E-state index is 0.0765. The smallest absolute Gasteiger partial charge is 0.417 e. The highest BCUT2D eigenvalue weighted by Crippen LogP contribution is 2.32. The van der Waals surface area contributed by atoms with Gasteiger partial charge in [0.05, 0.1) is 16.3 Å². The number of nitrogens with zero attached hydrogens (tertiary/aromatic N) is 1. The van der Waals surface area contributed by atoms with Crippen molar-refractivity contribution >= 4 is 40.6 Å². The Balaban J connectivity index is 1.57. The largest absolute Gasteiger partial charge is 0.486 e. The lowest BCUT2D eigenvalue weighted by Crippen LogP contribution is -2.43. The van der Waals surface area contributed by atoms with Crippen LogP contribution in [0.4, 0.5) is 23.7 Å². The van der Waals surface area contributed by atoms with Crippen LogP contribution in [0.5, 0.6) is 5.75 Å². The van der Waals surface area contributed by atoms with E-state index in [4.69, 9.17) is 16.3 Å². The maximum absolute atomic E-state index is 12.7. The number of nitrogens with one attached hydrogen (secondary N) is 3. The standard InChI is InChI=1S/C19H14ClF3N4O3S/c20-13-8-11(19(21,22)23)9-24-14(13)10-30-15-6-7-31-16(15)17(28)26-27-18(29)25-12-4-2-1-3-5-12/h1-9H,10H2,(H,26,28)(H2,25,27,29). The first-order valence-electron chi connectivity index (χ1n) is 8.58. The van der Waals surface area contributed by atoms with Gasteiger partial charge in [0.25, 0.3) is 5.91 Å². The number of anilines is 1. The third kappa shape index (κ3) is 6.09. The first kappa shape index (κ1) is 22.4. The number of aromatic nitrogens is 1. The number of hydrazine groups is 1. The monoisotopic (exact) mass is 470 g/mol. The summed E-state index contributed by atoms with van der Waals surface area (Å²) in [6.07, 6.45) is -3.91. The van der Waals surface area contributed by atoms with Crippen LogP contribution in [-0.4, -0.2) is 16.9 Å². The molecule has 0 aliphatic rings. The van der Waals surface area contributed by atoms with Crippen LogP contribution in [0.1, 0.15) is 20.9 Å². The maximum atomic E-state index is 12.7. The number of amides is 3. The summed E-state index contributed by atoms with van der Waals surface area (Å²) < 4.78 is 43.6. The Labute approximate surface area is 183 Å². The first-order valence-corrected chi connectivity index (χ1v) is 9.84. The summed E-state index contributed by atoms with van der Waals surface area (Å²) in [5, 5.41) is 3.90. The number of thiophene rings is 1. The fourth-order valence-corrected chi connectivity index (χ4v) is 3.25. The highest BCUT2D eigenvalue weighted by Gasteiger charge is 2.31. The number of rotatable bonds is 5. The molecule has 0 bridgehead atoms. The van der Waals surface area contributed by atoms with E-state index in [1.807, 2.05) is 0 Å². The van der Waals surface area contributed by atoms with Gasteiger partial charge >= 0.3 is 12.2 Å². The summed E-state index contributed by atoms with van der Waals surface area (Å²) in [5.41, 5.74) is 4.09. The molecule has 3 rings (SSSR count). The number of carbonyl (C=O) groups excluding carboxylic acids is 2. The molecule has 7 nitrogen and oxygen atoms in total. The lowest BCUT2D eigenvalue weighted by Gasteiger charge is -2.11. The highest BCUT2D eigenvalue weighted by molar-refractivity contribution is 7.12. The minimum atomic E-state index is -4.56. The summed E-state index contributed by atoms with van der Waals surface area (Å²) in [5.74, 6) is -0.481. The number of halogens is 4. The number of hydrogen-bond acceptors (Lipinski definition) is 5. The average Bonchev–Trinajstić information content (AvgIpc) is 3.20. The second-order valence-corrected chi connectivity index (χ2v) is 7.28. The van der Waals surface area contributed by atoms with Crippen molar-refractivity contribution in [2.45, 2.75) is 12.8 Å². The van der Waals surface area contributed by atoms with Crippen molar-refractivity contribution in [2.24, 2.45) is 0 Å². The van der Waals surface area contributed by atoms with Gasteiger partial charge in [0, 0.05) is 11.9 Å². The molecular formula is C19H14ClF3N4O3S. The van der Waals surface area contributed by atoms with Crippen LogP contribution in [0.3, 0.4) is 0 Å². The Kier molecular flexibility index (Phi) is 6.98. The van der Waals surface area contributed by atoms with Gasteiger partial charge in [-0.1, -0.05) is 29.8 Å². The lowest BCUT2D eigenvalue weighted by molar-refractivity contribution is -0.137. The molecule has 162 valence electrons. The molecule has 3 aromatic rings. The number of carbonyl (C=O) groups is 2. The van der Waals surface area contributed by atoms with Gasteiger partial charge in [0.15, 0.2) is 0 Å². The molecule has 0 saturated carbocycles. The Hall–Kier alpha value is -3.31. The van der Waals surface area contributed by atoms with E-state index in [9.17, 15) is 22.8 Å². The van der Waals surface area contributed by atoms with Crippen LogP contribution in [0.25, 0.3) is 0 Å². The van der Waals surface area contributed by atoms with Crippen molar-refractivity contribution in [3.05, 3.63) is 75.2 Å². The molecule has 2 aromatic heterocycles. The first-order chi connectivity index (χ1) is 14.7. The molecule has 0 fully saturated rings. The molecule has 0 unspecified atom stereocenters. The van der Waals surface area contributed by atoms with Crippen molar-refractivity contribution in [3.8, 4) is 5.75 Å². The van der Waals surface area contributed by atoms with Gasteiger partial charge in [-0.25, -0.2) is 10.2 Å². The van der Waals surface area contributed by atoms with Crippen molar-refractivity contribution in [1.29, 1.82) is 0 Å². The van der Waals surface area contributed by atoms with Crippen LogP contribution in [0.15, 0.2) is 54.0 Å². The second kappa shape index (κ2) is 9.67. The average molecular weight is 471 g/mol. The van der Waals surface area contributed by atoms with E-state index in [1.54, 1.807) is 35.7 Å². The fraction of sp³-hybridized carbons (Fsp3) is 0.105. The fourth-order valence-electron chi connectivity index (χ4n) is 2.30. The van der Waals surface area contributed by atoms with Crippen molar-refractivity contribution < 1.29 is 27.5 Å². The summed E-state index contributed by atoms with van der Waals surface area (Å²) in [7, 11) is 0. The molecule has 3 N–H and O–H groups in total. The summed E-state index contributed by atoms with van der Waals surface area (Å²) in [6.45, 7) is -0.254. The van der Waals surface area contributed by atoms with Gasteiger partial charge in [-0.3, -0.25) is 15.2 Å². The summed E-state index contributed by atoms with van der Waals surface area (Å²) >= 11 is 6.90. The molecule has 0 radical (unpaired) electrons. The quantitative estimate of drug-likeness (QED) is 0.464. The second-order valence-electron chi connectivity index (χ2n) is 5.95. The van der Waals surface area contributed by atoms with E-state index in [2.05, 4.69) is 21.2 Å². The van der Waals surface area contributed by atoms with Crippen LogP contribution in [0.2, 0.25) is 5.02 Å². The minimum Gasteiger partial charge on any atom is -0.486 e. The predicted octanol–water partition coefficient (Wildman–Crippen LogP) is 4.86. The zero-order valence-electron chi connectivity index (χ0n) is 15.5. The molecule has 12 heteroatoms.